The minimum absolute atomic E-state index is 0.0467. The van der Waals surface area contributed by atoms with E-state index in [9.17, 15) is 8.42 Å². The average Bonchev–Trinajstić information content (AvgIpc) is 2.59. The van der Waals surface area contributed by atoms with Gasteiger partial charge in [0.25, 0.3) is 0 Å². The van der Waals surface area contributed by atoms with Crippen LogP contribution in [0.1, 0.15) is 11.4 Å². The maximum absolute atomic E-state index is 11.3. The summed E-state index contributed by atoms with van der Waals surface area (Å²) in [5, 5.41) is 7.22. The molecule has 0 spiro atoms. The van der Waals surface area contributed by atoms with Crippen LogP contribution in [0.4, 0.5) is 11.6 Å². The number of aromatic nitrogens is 3. The summed E-state index contributed by atoms with van der Waals surface area (Å²) in [5.41, 5.74) is 1.85. The molecule has 0 fully saturated rings. The molecule has 3 aromatic rings. The molecule has 0 saturated heterocycles. The van der Waals surface area contributed by atoms with E-state index in [0.29, 0.717) is 30.5 Å². The van der Waals surface area contributed by atoms with Gasteiger partial charge in [-0.05, 0) is 30.7 Å². The molecule has 1 aromatic carbocycles. The van der Waals surface area contributed by atoms with Crippen LogP contribution in [0.15, 0.2) is 41.0 Å². The Kier molecular flexibility index (Phi) is 5.91. The van der Waals surface area contributed by atoms with Crippen LogP contribution in [0, 0.1) is 6.92 Å². The zero-order valence-electron chi connectivity index (χ0n) is 15.0. The smallest absolute Gasteiger partial charge is 0.149 e. The number of rotatable bonds is 7. The van der Waals surface area contributed by atoms with Crippen LogP contribution in [0.5, 0.6) is 0 Å². The third-order valence-electron chi connectivity index (χ3n) is 3.82. The Hall–Kier alpha value is -2.26. The zero-order chi connectivity index (χ0) is 19.4. The van der Waals surface area contributed by atoms with Crippen molar-refractivity contribution in [2.75, 3.05) is 29.2 Å². The van der Waals surface area contributed by atoms with Crippen molar-refractivity contribution in [1.82, 2.24) is 15.0 Å². The molecule has 0 bridgehead atoms. The lowest BCUT2D eigenvalue weighted by atomic mass is 10.2. The normalized spacial score (nSPS) is 11.5. The van der Waals surface area contributed by atoms with Crippen LogP contribution < -0.4 is 10.6 Å². The van der Waals surface area contributed by atoms with Crippen LogP contribution in [0.3, 0.4) is 0 Å². The van der Waals surface area contributed by atoms with E-state index in [4.69, 9.17) is 0 Å². The number of nitrogens with zero attached hydrogens (tertiary/aromatic N) is 3. The summed E-state index contributed by atoms with van der Waals surface area (Å²) in [4.78, 5) is 13.2. The molecule has 0 amide bonds. The molecule has 0 aliphatic carbocycles. The quantitative estimate of drug-likeness (QED) is 0.571. The molecule has 0 radical (unpaired) electrons. The highest BCUT2D eigenvalue weighted by molar-refractivity contribution is 9.10. The molecule has 2 aromatic heterocycles. The first-order valence-electron chi connectivity index (χ1n) is 8.34. The van der Waals surface area contributed by atoms with Gasteiger partial charge in [-0.2, -0.15) is 0 Å². The molecule has 0 aliphatic heterocycles. The van der Waals surface area contributed by atoms with Crippen molar-refractivity contribution in [3.05, 3.63) is 52.4 Å². The second-order valence-corrected chi connectivity index (χ2v) is 9.42. The number of hydrogen-bond donors (Lipinski definition) is 2. The van der Waals surface area contributed by atoms with Gasteiger partial charge in [-0.25, -0.2) is 23.4 Å². The van der Waals surface area contributed by atoms with Crippen molar-refractivity contribution in [3.8, 4) is 0 Å². The maximum atomic E-state index is 11.3. The van der Waals surface area contributed by atoms with Crippen LogP contribution in [-0.4, -0.2) is 41.9 Å². The van der Waals surface area contributed by atoms with Gasteiger partial charge >= 0.3 is 0 Å². The number of pyridine rings is 1. The Labute approximate surface area is 166 Å². The SMILES string of the molecule is Cc1nc(NCc2cccc(Br)c2)c2cc(NCCS(C)(=O)=O)ncc2n1. The molecule has 2 N–H and O–H groups in total. The molecule has 0 unspecified atom stereocenters. The molecule has 9 heteroatoms. The zero-order valence-corrected chi connectivity index (χ0v) is 17.4. The van der Waals surface area contributed by atoms with Gasteiger partial charge in [0.2, 0.25) is 0 Å². The number of sulfone groups is 1. The fraction of sp³-hybridized carbons (Fsp3) is 0.278. The highest BCUT2D eigenvalue weighted by Crippen LogP contribution is 2.23. The van der Waals surface area contributed by atoms with E-state index in [-0.39, 0.29) is 5.75 Å². The van der Waals surface area contributed by atoms with Gasteiger partial charge < -0.3 is 10.6 Å². The van der Waals surface area contributed by atoms with Crippen LogP contribution in [0.2, 0.25) is 0 Å². The van der Waals surface area contributed by atoms with Gasteiger partial charge in [0.1, 0.15) is 27.3 Å². The van der Waals surface area contributed by atoms with E-state index < -0.39 is 9.84 Å². The Morgan fingerprint density at radius 2 is 1.96 bits per heavy atom. The molecule has 3 rings (SSSR count). The highest BCUT2D eigenvalue weighted by atomic mass is 79.9. The van der Waals surface area contributed by atoms with E-state index >= 15 is 0 Å². The summed E-state index contributed by atoms with van der Waals surface area (Å²) in [6.07, 6.45) is 2.88. The highest BCUT2D eigenvalue weighted by Gasteiger charge is 2.09. The van der Waals surface area contributed by atoms with Gasteiger partial charge in [0, 0.05) is 29.2 Å². The summed E-state index contributed by atoms with van der Waals surface area (Å²) in [6, 6.07) is 9.88. The van der Waals surface area contributed by atoms with Crippen molar-refractivity contribution in [3.63, 3.8) is 0 Å². The Morgan fingerprint density at radius 3 is 2.70 bits per heavy atom. The number of nitrogens with one attached hydrogen (secondary N) is 2. The monoisotopic (exact) mass is 449 g/mol. The third kappa shape index (κ3) is 5.61. The summed E-state index contributed by atoms with van der Waals surface area (Å²) in [6.45, 7) is 2.75. The molecule has 0 atom stereocenters. The van der Waals surface area contributed by atoms with E-state index in [0.717, 1.165) is 20.9 Å². The molecular formula is C18H20BrN5O2S. The van der Waals surface area contributed by atoms with Gasteiger partial charge in [0.15, 0.2) is 0 Å². The second-order valence-electron chi connectivity index (χ2n) is 6.25. The minimum atomic E-state index is -3.02. The molecule has 0 aliphatic rings. The largest absolute Gasteiger partial charge is 0.369 e. The van der Waals surface area contributed by atoms with Crippen LogP contribution >= 0.6 is 15.9 Å². The lowest BCUT2D eigenvalue weighted by Crippen LogP contribution is -2.14. The number of halogens is 1. The van der Waals surface area contributed by atoms with Gasteiger partial charge in [0.05, 0.1) is 17.5 Å². The predicted octanol–water partition coefficient (Wildman–Crippen LogP) is 3.16. The number of hydrogen-bond acceptors (Lipinski definition) is 7. The summed E-state index contributed by atoms with van der Waals surface area (Å²) < 4.78 is 23.6. The van der Waals surface area contributed by atoms with E-state index in [1.54, 1.807) is 6.20 Å². The standard InChI is InChI=1S/C18H20BrN5O2S/c1-12-23-16-11-21-17(20-6-7-27(2,25)26)9-15(16)18(24-12)22-10-13-4-3-5-14(19)8-13/h3-5,8-9,11H,6-7,10H2,1-2H3,(H,20,21)(H,22,23,24). The predicted molar refractivity (Wildman–Crippen MR) is 112 cm³/mol. The first-order valence-corrected chi connectivity index (χ1v) is 11.2. The Morgan fingerprint density at radius 1 is 1.15 bits per heavy atom. The fourth-order valence-corrected chi connectivity index (χ4v) is 3.50. The fourth-order valence-electron chi connectivity index (χ4n) is 2.58. The Balaban J connectivity index is 1.83. The number of benzene rings is 1. The summed E-state index contributed by atoms with van der Waals surface area (Å²) in [5.74, 6) is 2.00. The van der Waals surface area contributed by atoms with E-state index in [2.05, 4.69) is 41.5 Å². The van der Waals surface area contributed by atoms with Gasteiger partial charge in [-0.3, -0.25) is 0 Å². The van der Waals surface area contributed by atoms with Crippen molar-refractivity contribution in [1.29, 1.82) is 0 Å². The first kappa shape index (κ1) is 19.5. The molecule has 2 heterocycles. The molecule has 27 heavy (non-hydrogen) atoms. The maximum Gasteiger partial charge on any atom is 0.149 e. The van der Waals surface area contributed by atoms with Crippen molar-refractivity contribution in [2.24, 2.45) is 0 Å². The molecule has 0 saturated carbocycles. The van der Waals surface area contributed by atoms with Crippen LogP contribution in [0.25, 0.3) is 10.9 Å². The number of aryl methyl sites for hydroxylation is 1. The van der Waals surface area contributed by atoms with Crippen molar-refractivity contribution >= 4 is 48.3 Å². The molecular weight excluding hydrogens is 430 g/mol. The van der Waals surface area contributed by atoms with Gasteiger partial charge in [-0.15, -0.1) is 0 Å². The summed E-state index contributed by atoms with van der Waals surface area (Å²) in [7, 11) is -3.02. The van der Waals surface area contributed by atoms with E-state index in [1.807, 2.05) is 37.3 Å². The number of fused-ring (bicyclic) bond motifs is 1. The minimum Gasteiger partial charge on any atom is -0.369 e. The lowest BCUT2D eigenvalue weighted by molar-refractivity contribution is 0.602. The van der Waals surface area contributed by atoms with Crippen LogP contribution in [-0.2, 0) is 16.4 Å². The number of anilines is 2. The topological polar surface area (TPSA) is 96.9 Å². The molecule has 142 valence electrons. The molecule has 7 nitrogen and oxygen atoms in total. The third-order valence-corrected chi connectivity index (χ3v) is 5.26. The average molecular weight is 450 g/mol. The van der Waals surface area contributed by atoms with Gasteiger partial charge in [-0.1, -0.05) is 28.1 Å². The van der Waals surface area contributed by atoms with E-state index in [1.165, 1.54) is 6.26 Å². The Bertz CT molecular complexity index is 1070. The van der Waals surface area contributed by atoms with Crippen molar-refractivity contribution < 1.29 is 8.42 Å². The first-order chi connectivity index (χ1) is 12.8. The lowest BCUT2D eigenvalue weighted by Gasteiger charge is -2.11. The summed E-state index contributed by atoms with van der Waals surface area (Å²) >= 11 is 3.47. The van der Waals surface area contributed by atoms with Crippen molar-refractivity contribution in [2.45, 2.75) is 13.5 Å². The second kappa shape index (κ2) is 8.18.